The predicted octanol–water partition coefficient (Wildman–Crippen LogP) is 5.27. The Morgan fingerprint density at radius 1 is 1.07 bits per heavy atom. The first-order chi connectivity index (χ1) is 13.8. The van der Waals surface area contributed by atoms with Crippen molar-refractivity contribution in [3.63, 3.8) is 0 Å². The number of fused-ring (bicyclic) bond motifs is 1. The van der Waals surface area contributed by atoms with E-state index < -0.39 is 17.1 Å². The van der Waals surface area contributed by atoms with Crippen LogP contribution in [0.1, 0.15) is 13.8 Å². The smallest absolute Gasteiger partial charge is 0.329 e. The largest absolute Gasteiger partial charge is 0.480 e. The van der Waals surface area contributed by atoms with Gasteiger partial charge in [-0.2, -0.15) is 0 Å². The second-order valence-electron chi connectivity index (χ2n) is 7.12. The monoisotopic (exact) mass is 424 g/mol. The Morgan fingerprint density at radius 3 is 2.38 bits per heavy atom. The molecule has 0 aliphatic rings. The molecule has 4 rings (SSSR count). The molecule has 2 aromatic heterocycles. The molecule has 0 atom stereocenters. The van der Waals surface area contributed by atoms with E-state index in [1.54, 1.807) is 24.3 Å². The van der Waals surface area contributed by atoms with E-state index in [1.807, 2.05) is 35.7 Å². The van der Waals surface area contributed by atoms with Crippen LogP contribution in [0.3, 0.4) is 0 Å². The topological polar surface area (TPSA) is 72.2 Å². The fraction of sp³-hybridized carbons (Fsp3) is 0.136. The van der Waals surface area contributed by atoms with Gasteiger partial charge in [-0.15, -0.1) is 11.3 Å². The first-order valence-electron chi connectivity index (χ1n) is 8.91. The molecular formula is C22H17ClN2O3S. The summed E-state index contributed by atoms with van der Waals surface area (Å²) in [5, 5.41) is 12.5. The normalized spacial score (nSPS) is 11.7. The Kier molecular flexibility index (Phi) is 4.76. The molecule has 0 radical (unpaired) electrons. The van der Waals surface area contributed by atoms with Gasteiger partial charge in [-0.3, -0.25) is 9.36 Å². The molecule has 0 aliphatic heterocycles. The number of carbonyl (C=O) groups is 1. The van der Waals surface area contributed by atoms with E-state index in [-0.39, 0.29) is 5.82 Å². The lowest BCUT2D eigenvalue weighted by Crippen LogP contribution is -2.44. The molecule has 29 heavy (non-hydrogen) atoms. The minimum atomic E-state index is -1.53. The quantitative estimate of drug-likeness (QED) is 0.484. The lowest BCUT2D eigenvalue weighted by atomic mass is 10.0. The number of carboxylic acid groups (broad SMARTS) is 1. The highest BCUT2D eigenvalue weighted by molar-refractivity contribution is 7.17. The molecule has 4 aromatic rings. The number of halogens is 1. The molecular weight excluding hydrogens is 408 g/mol. The van der Waals surface area contributed by atoms with Gasteiger partial charge >= 0.3 is 5.97 Å². The van der Waals surface area contributed by atoms with Crippen molar-refractivity contribution in [2.45, 2.75) is 19.4 Å². The fourth-order valence-corrected chi connectivity index (χ4v) is 4.42. The lowest BCUT2D eigenvalue weighted by Gasteiger charge is -2.26. The molecule has 2 aromatic carbocycles. The molecule has 0 saturated heterocycles. The van der Waals surface area contributed by atoms with Crippen LogP contribution in [0.25, 0.3) is 32.7 Å². The van der Waals surface area contributed by atoms with E-state index in [4.69, 9.17) is 16.6 Å². The van der Waals surface area contributed by atoms with Gasteiger partial charge in [0.05, 0.1) is 10.4 Å². The molecule has 0 bridgehead atoms. The molecule has 0 saturated carbocycles. The van der Waals surface area contributed by atoms with Gasteiger partial charge < -0.3 is 5.11 Å². The number of nitrogens with zero attached hydrogens (tertiary/aromatic N) is 2. The summed E-state index contributed by atoms with van der Waals surface area (Å²) in [6, 6.07) is 16.5. The van der Waals surface area contributed by atoms with E-state index >= 15 is 0 Å². The number of thiophene rings is 1. The van der Waals surface area contributed by atoms with Gasteiger partial charge in [-0.05, 0) is 31.5 Å². The van der Waals surface area contributed by atoms with Crippen LogP contribution in [0.4, 0.5) is 0 Å². The van der Waals surface area contributed by atoms with Crippen molar-refractivity contribution < 1.29 is 9.90 Å². The average molecular weight is 425 g/mol. The number of hydrogen-bond acceptors (Lipinski definition) is 4. The van der Waals surface area contributed by atoms with Crippen LogP contribution < -0.4 is 5.56 Å². The number of hydrogen-bond donors (Lipinski definition) is 1. The Bertz CT molecular complexity index is 1290. The van der Waals surface area contributed by atoms with Gasteiger partial charge in [0, 0.05) is 16.5 Å². The molecule has 0 spiro atoms. The molecule has 2 heterocycles. The third kappa shape index (κ3) is 3.14. The second kappa shape index (κ2) is 7.13. The third-order valence-electron chi connectivity index (χ3n) is 4.89. The maximum Gasteiger partial charge on any atom is 0.329 e. The molecule has 0 amide bonds. The van der Waals surface area contributed by atoms with Crippen LogP contribution in [0.2, 0.25) is 5.02 Å². The first kappa shape index (κ1) is 19.4. The van der Waals surface area contributed by atoms with Crippen LogP contribution in [0.15, 0.2) is 64.8 Å². The summed E-state index contributed by atoms with van der Waals surface area (Å²) >= 11 is 7.72. The SMILES string of the molecule is CC(C)(C(=O)O)n1c(-c2ccccc2Cl)nc2scc(-c3ccccc3)c2c1=O. The molecule has 146 valence electrons. The summed E-state index contributed by atoms with van der Waals surface area (Å²) < 4.78 is 1.23. The number of aromatic nitrogens is 2. The maximum absolute atomic E-state index is 13.7. The van der Waals surface area contributed by atoms with Crippen LogP contribution >= 0.6 is 22.9 Å². The van der Waals surface area contributed by atoms with E-state index in [2.05, 4.69) is 0 Å². The summed E-state index contributed by atoms with van der Waals surface area (Å²) in [6.07, 6.45) is 0. The molecule has 5 nitrogen and oxygen atoms in total. The molecule has 0 fully saturated rings. The zero-order valence-corrected chi connectivity index (χ0v) is 17.3. The Hall–Kier alpha value is -2.96. The maximum atomic E-state index is 13.7. The summed E-state index contributed by atoms with van der Waals surface area (Å²) in [4.78, 5) is 31.0. The minimum absolute atomic E-state index is 0.238. The molecule has 7 heteroatoms. The highest BCUT2D eigenvalue weighted by Crippen LogP contribution is 2.35. The fourth-order valence-electron chi connectivity index (χ4n) is 3.26. The number of aliphatic carboxylic acids is 1. The van der Waals surface area contributed by atoms with E-state index in [0.29, 0.717) is 20.8 Å². The zero-order valence-electron chi connectivity index (χ0n) is 15.7. The third-order valence-corrected chi connectivity index (χ3v) is 6.09. The van der Waals surface area contributed by atoms with Crippen molar-refractivity contribution in [3.8, 4) is 22.5 Å². The predicted molar refractivity (Wildman–Crippen MR) is 117 cm³/mol. The number of rotatable bonds is 4. The standard InChI is InChI=1S/C22H17ClN2O3S/c1-22(2,21(27)28)25-18(14-10-6-7-11-16(14)23)24-19-17(20(25)26)15(12-29-19)13-8-4-3-5-9-13/h3-12H,1-2H3,(H,27,28). The van der Waals surface area contributed by atoms with Crippen molar-refractivity contribution in [2.24, 2.45) is 0 Å². The summed E-state index contributed by atoms with van der Waals surface area (Å²) in [5.41, 5.74) is 0.198. The molecule has 0 unspecified atom stereocenters. The number of benzene rings is 2. The first-order valence-corrected chi connectivity index (χ1v) is 10.2. The van der Waals surface area contributed by atoms with E-state index in [1.165, 1.54) is 29.8 Å². The summed E-state index contributed by atoms with van der Waals surface area (Å²) in [6.45, 7) is 2.97. The van der Waals surface area contributed by atoms with Crippen molar-refractivity contribution in [2.75, 3.05) is 0 Å². The van der Waals surface area contributed by atoms with E-state index in [0.717, 1.165) is 11.1 Å². The van der Waals surface area contributed by atoms with Crippen molar-refractivity contribution >= 4 is 39.1 Å². The van der Waals surface area contributed by atoms with Crippen molar-refractivity contribution in [1.82, 2.24) is 9.55 Å². The van der Waals surface area contributed by atoms with Crippen LogP contribution in [0.5, 0.6) is 0 Å². The summed E-state index contributed by atoms with van der Waals surface area (Å²) in [7, 11) is 0. The Labute approximate surface area is 175 Å². The van der Waals surface area contributed by atoms with Gasteiger partial charge in [0.25, 0.3) is 5.56 Å². The highest BCUT2D eigenvalue weighted by atomic mass is 35.5. The van der Waals surface area contributed by atoms with Crippen molar-refractivity contribution in [3.05, 3.63) is 75.4 Å². The molecule has 1 N–H and O–H groups in total. The lowest BCUT2D eigenvalue weighted by molar-refractivity contribution is -0.145. The van der Waals surface area contributed by atoms with Gasteiger partial charge in [-0.1, -0.05) is 54.1 Å². The van der Waals surface area contributed by atoms with Gasteiger partial charge in [-0.25, -0.2) is 9.78 Å². The zero-order chi connectivity index (χ0) is 20.8. The van der Waals surface area contributed by atoms with Crippen LogP contribution in [-0.4, -0.2) is 20.6 Å². The molecule has 0 aliphatic carbocycles. The highest BCUT2D eigenvalue weighted by Gasteiger charge is 2.35. The Morgan fingerprint density at radius 2 is 1.72 bits per heavy atom. The van der Waals surface area contributed by atoms with Crippen LogP contribution in [-0.2, 0) is 10.3 Å². The van der Waals surface area contributed by atoms with Gasteiger partial charge in [0.2, 0.25) is 0 Å². The van der Waals surface area contributed by atoms with Gasteiger partial charge in [0.15, 0.2) is 0 Å². The average Bonchev–Trinajstić information content (AvgIpc) is 3.13. The van der Waals surface area contributed by atoms with Gasteiger partial charge in [0.1, 0.15) is 16.2 Å². The minimum Gasteiger partial charge on any atom is -0.480 e. The van der Waals surface area contributed by atoms with Crippen LogP contribution in [0, 0.1) is 0 Å². The number of carboxylic acids is 1. The Balaban J connectivity index is 2.14. The van der Waals surface area contributed by atoms with E-state index in [9.17, 15) is 14.7 Å². The summed E-state index contributed by atoms with van der Waals surface area (Å²) in [5.74, 6) is -0.896. The second-order valence-corrected chi connectivity index (χ2v) is 8.38. The van der Waals surface area contributed by atoms with Crippen molar-refractivity contribution in [1.29, 1.82) is 0 Å².